The number of hydrogen-bond acceptors (Lipinski definition) is 0. The van der Waals surface area contributed by atoms with Gasteiger partial charge in [0.15, 0.2) is 0 Å². The van der Waals surface area contributed by atoms with Crippen molar-refractivity contribution < 1.29 is 17.4 Å². The number of halogens is 2. The minimum absolute atomic E-state index is 0. The van der Waals surface area contributed by atoms with E-state index in [-0.39, 0.29) is 24.8 Å². The van der Waals surface area contributed by atoms with Crippen LogP contribution in [0.1, 0.15) is 37.8 Å². The molecule has 0 nitrogen and oxygen atoms in total. The molecule has 0 unspecified atom stereocenters. The first-order chi connectivity index (χ1) is 19.8. The molecular formula is C39H38Cl2SiZr. The van der Waals surface area contributed by atoms with Crippen molar-refractivity contribution in [3.05, 3.63) is 156 Å². The molecule has 7 rings (SSSR count). The number of allylic oxidation sites excluding steroid dienone is 8. The second kappa shape index (κ2) is 12.0. The molecule has 0 fully saturated rings. The molecule has 5 aromatic rings. The Morgan fingerprint density at radius 3 is 1.37 bits per heavy atom. The van der Waals surface area contributed by atoms with Gasteiger partial charge < -0.3 is 0 Å². The first-order valence-electron chi connectivity index (χ1n) is 14.7. The van der Waals surface area contributed by atoms with Crippen LogP contribution in [0.3, 0.4) is 0 Å². The van der Waals surface area contributed by atoms with Gasteiger partial charge in [-0.25, -0.2) is 0 Å². The molecule has 4 heteroatoms. The maximum atomic E-state index is 2.71. The fourth-order valence-corrected chi connectivity index (χ4v) is 28.1. The number of hydrogen-bond donors (Lipinski definition) is 0. The molecule has 0 radical (unpaired) electrons. The average molecular weight is 697 g/mol. The fraction of sp³-hybridized carbons (Fsp3) is 0.128. The van der Waals surface area contributed by atoms with Crippen molar-refractivity contribution in [3.8, 4) is 0 Å². The van der Waals surface area contributed by atoms with Crippen LogP contribution in [0.5, 0.6) is 0 Å². The van der Waals surface area contributed by atoms with E-state index in [0.29, 0.717) is 0 Å². The normalized spacial score (nSPS) is 15.3. The van der Waals surface area contributed by atoms with Gasteiger partial charge >= 0.3 is 248 Å². The maximum absolute atomic E-state index is 3.94. The molecule has 2 aliphatic rings. The van der Waals surface area contributed by atoms with Crippen molar-refractivity contribution in [2.45, 2.75) is 31.3 Å². The van der Waals surface area contributed by atoms with Crippen LogP contribution >= 0.6 is 24.8 Å². The average Bonchev–Trinajstić information content (AvgIpc) is 3.61. The van der Waals surface area contributed by atoms with E-state index in [1.165, 1.54) is 55.0 Å². The van der Waals surface area contributed by atoms with Crippen molar-refractivity contribution in [2.75, 3.05) is 0 Å². The molecule has 216 valence electrons. The van der Waals surface area contributed by atoms with E-state index in [9.17, 15) is 0 Å². The molecule has 0 saturated heterocycles. The first kappa shape index (κ1) is 31.7. The Kier molecular flexibility index (Phi) is 8.83. The molecule has 5 aromatic carbocycles. The van der Waals surface area contributed by atoms with Gasteiger partial charge in [0, 0.05) is 0 Å². The summed E-state index contributed by atoms with van der Waals surface area (Å²) in [6.07, 6.45) is 7.10. The van der Waals surface area contributed by atoms with E-state index in [1.54, 1.807) is 9.83 Å². The molecule has 0 amide bonds. The number of rotatable bonds is 5. The number of benzene rings is 5. The number of fused-ring (bicyclic) bond motifs is 2. The summed E-state index contributed by atoms with van der Waals surface area (Å²) in [6.45, 7) is 7.16. The van der Waals surface area contributed by atoms with Gasteiger partial charge in [-0.15, -0.1) is 24.8 Å². The van der Waals surface area contributed by atoms with Crippen LogP contribution in [0.4, 0.5) is 0 Å². The van der Waals surface area contributed by atoms with Gasteiger partial charge in [-0.05, 0) is 0 Å². The first-order valence-corrected chi connectivity index (χ1v) is 26.8. The van der Waals surface area contributed by atoms with Crippen LogP contribution < -0.4 is 3.27 Å². The molecule has 0 aliphatic heterocycles. The summed E-state index contributed by atoms with van der Waals surface area (Å²) in [6, 6.07) is 42.8. The summed E-state index contributed by atoms with van der Waals surface area (Å²) in [5.74, 6) is 0. The summed E-state index contributed by atoms with van der Waals surface area (Å²) in [7, 11) is 0. The predicted molar refractivity (Wildman–Crippen MR) is 193 cm³/mol. The summed E-state index contributed by atoms with van der Waals surface area (Å²) >= 11 is -3.94. The Labute approximate surface area is 270 Å². The smallest absolute Gasteiger partial charge is 0.147 e. The van der Waals surface area contributed by atoms with Crippen LogP contribution in [0, 0.1) is 0 Å². The third kappa shape index (κ3) is 5.11. The Hall–Kier alpha value is -2.74. The molecule has 0 atom stereocenters. The van der Waals surface area contributed by atoms with Gasteiger partial charge in [-0.1, -0.05) is 0 Å². The third-order valence-corrected chi connectivity index (χ3v) is 32.9. The predicted octanol–water partition coefficient (Wildman–Crippen LogP) is 10.3. The van der Waals surface area contributed by atoms with Crippen LogP contribution in [0.15, 0.2) is 145 Å². The van der Waals surface area contributed by atoms with Crippen LogP contribution in [0.25, 0.3) is 32.7 Å². The molecule has 0 heterocycles. The van der Waals surface area contributed by atoms with E-state index in [1.807, 2.05) is 0 Å². The van der Waals surface area contributed by atoms with Crippen LogP contribution in [0.2, 0.25) is 4.63 Å². The minimum atomic E-state index is -3.94. The molecule has 2 aliphatic carbocycles. The van der Waals surface area contributed by atoms with Crippen molar-refractivity contribution in [1.29, 1.82) is 0 Å². The van der Waals surface area contributed by atoms with Gasteiger partial charge in [-0.2, -0.15) is 0 Å². The molecule has 0 spiro atoms. The van der Waals surface area contributed by atoms with Crippen LogP contribution in [-0.2, 0) is 17.4 Å². The van der Waals surface area contributed by atoms with Crippen molar-refractivity contribution >= 4 is 67.7 Å². The van der Waals surface area contributed by atoms with Crippen molar-refractivity contribution in [2.24, 2.45) is 0 Å². The van der Waals surface area contributed by atoms with Gasteiger partial charge in [0.1, 0.15) is 0 Å². The molecule has 0 bridgehead atoms. The molecule has 43 heavy (non-hydrogen) atoms. The summed E-state index contributed by atoms with van der Waals surface area (Å²) < 4.78 is 7.74. The topological polar surface area (TPSA) is 0 Å². The van der Waals surface area contributed by atoms with Crippen LogP contribution in [-0.4, -0.2) is 6.88 Å². The fourth-order valence-electron chi connectivity index (χ4n) is 7.78. The second-order valence-electron chi connectivity index (χ2n) is 12.4. The summed E-state index contributed by atoms with van der Waals surface area (Å²) in [5, 5.41) is 5.35. The van der Waals surface area contributed by atoms with Gasteiger partial charge in [0.25, 0.3) is 0 Å². The third-order valence-electron chi connectivity index (χ3n) is 9.93. The van der Waals surface area contributed by atoms with Crippen molar-refractivity contribution in [1.82, 2.24) is 0 Å². The van der Waals surface area contributed by atoms with Gasteiger partial charge in [0.2, 0.25) is 0 Å². The summed E-state index contributed by atoms with van der Waals surface area (Å²) in [5.41, 5.74) is 8.68. The Morgan fingerprint density at radius 1 is 0.512 bits per heavy atom. The van der Waals surface area contributed by atoms with E-state index >= 15 is 0 Å². The molecule has 0 N–H and O–H groups in total. The Bertz CT molecular complexity index is 1950. The molecule has 0 saturated carbocycles. The van der Waals surface area contributed by atoms with Crippen molar-refractivity contribution in [3.63, 3.8) is 0 Å². The Morgan fingerprint density at radius 2 is 0.907 bits per heavy atom. The zero-order chi connectivity index (χ0) is 28.2. The molecular weight excluding hydrogens is 659 g/mol. The van der Waals surface area contributed by atoms with E-state index in [0.717, 1.165) is 12.8 Å². The van der Waals surface area contributed by atoms with Gasteiger partial charge in [-0.3, -0.25) is 0 Å². The zero-order valence-electron chi connectivity index (χ0n) is 25.1. The largest absolute Gasteiger partial charge is 0.147 e. The summed E-state index contributed by atoms with van der Waals surface area (Å²) in [4.78, 5) is 0. The second-order valence-corrected chi connectivity index (χ2v) is 37.2. The van der Waals surface area contributed by atoms with Gasteiger partial charge in [0.05, 0.1) is 0 Å². The molecule has 0 aromatic heterocycles. The van der Waals surface area contributed by atoms with E-state index in [4.69, 9.17) is 0 Å². The zero-order valence-corrected chi connectivity index (χ0v) is 30.6. The van der Waals surface area contributed by atoms with E-state index < -0.39 is 17.4 Å². The minimum Gasteiger partial charge on any atom is -0.147 e. The maximum Gasteiger partial charge on any atom is -0.147 e. The Balaban J connectivity index is 0.00000184. The quantitative estimate of drug-likeness (QED) is 0.161. The van der Waals surface area contributed by atoms with E-state index in [2.05, 4.69) is 153 Å². The monoisotopic (exact) mass is 694 g/mol. The SMILES string of the molecule is CC1=[C]([Zr]([CH3])(=[SiH2])([C]2=C(C)C=C(c3cccc4ccccc34)C2)[c]2ccccc2)CC(c2cccc3ccccc23)=C1.Cl.Cl. The standard InChI is InChI=1S/2C16H13.C6H5.CH3.2ClH.H2Si.Zr/c2*1-12-9-10-14(11-12)16-8-4-6-13-5-2-3-7-15(13)16;1-2-4-6-5-3-1;;;;;/h2*2-8,11H,10H2,1H3;1-5H;1H3;2*1H;1H2;.